The molecule has 0 aliphatic heterocycles. The summed E-state index contributed by atoms with van der Waals surface area (Å²) in [5, 5.41) is 10.1. The minimum Gasteiger partial charge on any atom is -0.310 e. The van der Waals surface area contributed by atoms with Crippen LogP contribution in [0.15, 0.2) is 182 Å². The van der Waals surface area contributed by atoms with Gasteiger partial charge in [0.25, 0.3) is 0 Å². The van der Waals surface area contributed by atoms with Gasteiger partial charge in [-0.15, -0.1) is 0 Å². The third-order valence-electron chi connectivity index (χ3n) is 11.1. The molecule has 0 atom stereocenters. The van der Waals surface area contributed by atoms with Crippen molar-refractivity contribution in [3.63, 3.8) is 0 Å². The first-order valence-corrected chi connectivity index (χ1v) is 19.8. The third-order valence-corrected chi connectivity index (χ3v) is 11.1. The van der Waals surface area contributed by atoms with Gasteiger partial charge < -0.3 is 9.80 Å². The van der Waals surface area contributed by atoms with Crippen LogP contribution in [-0.4, -0.2) is 0 Å². The Bertz CT molecular complexity index is 2680. The molecular formula is C54H48N2. The maximum Gasteiger partial charge on any atom is 0.0540 e. The monoisotopic (exact) mass is 724 g/mol. The van der Waals surface area contributed by atoms with E-state index >= 15 is 0 Å². The largest absolute Gasteiger partial charge is 0.310 e. The Kier molecular flexibility index (Phi) is 8.66. The fourth-order valence-corrected chi connectivity index (χ4v) is 8.91. The molecule has 0 unspecified atom stereocenters. The van der Waals surface area contributed by atoms with E-state index in [1.54, 1.807) is 0 Å². The average molecular weight is 725 g/mol. The highest BCUT2D eigenvalue weighted by atomic mass is 15.1. The van der Waals surface area contributed by atoms with Crippen LogP contribution in [0.3, 0.4) is 0 Å². The summed E-state index contributed by atoms with van der Waals surface area (Å²) >= 11 is 0. The molecule has 2 heteroatoms. The van der Waals surface area contributed by atoms with Gasteiger partial charge in [0.05, 0.1) is 11.4 Å². The van der Waals surface area contributed by atoms with E-state index in [2.05, 4.69) is 233 Å². The zero-order chi connectivity index (χ0) is 38.6. The zero-order valence-electron chi connectivity index (χ0n) is 33.2. The maximum atomic E-state index is 2.46. The smallest absolute Gasteiger partial charge is 0.0540 e. The molecule has 9 rings (SSSR count). The fourth-order valence-electron chi connectivity index (χ4n) is 8.91. The van der Waals surface area contributed by atoms with E-state index in [9.17, 15) is 0 Å². The van der Waals surface area contributed by atoms with Crippen LogP contribution in [0, 0.1) is 0 Å². The molecule has 56 heavy (non-hydrogen) atoms. The lowest BCUT2D eigenvalue weighted by molar-refractivity contribution is 0.593. The van der Waals surface area contributed by atoms with E-state index in [0.29, 0.717) is 0 Å². The summed E-state index contributed by atoms with van der Waals surface area (Å²) in [6, 6.07) is 66.7. The van der Waals surface area contributed by atoms with Gasteiger partial charge in [-0.1, -0.05) is 163 Å². The third kappa shape index (κ3) is 6.16. The first kappa shape index (κ1) is 35.3. The van der Waals surface area contributed by atoms with Crippen molar-refractivity contribution in [3.8, 4) is 0 Å². The molecule has 0 radical (unpaired) electrons. The summed E-state index contributed by atoms with van der Waals surface area (Å²) in [4.78, 5) is 4.87. The molecule has 0 aliphatic rings. The number of fused-ring (bicyclic) bond motifs is 4. The molecule has 2 nitrogen and oxygen atoms in total. The van der Waals surface area contributed by atoms with Crippen molar-refractivity contribution in [1.29, 1.82) is 0 Å². The van der Waals surface area contributed by atoms with Crippen molar-refractivity contribution in [3.05, 3.63) is 193 Å². The normalized spacial score (nSPS) is 12.1. The van der Waals surface area contributed by atoms with Crippen molar-refractivity contribution >= 4 is 77.2 Å². The Morgan fingerprint density at radius 3 is 1.05 bits per heavy atom. The molecule has 0 aliphatic carbocycles. The number of para-hydroxylation sites is 2. The molecular weight excluding hydrogens is 677 g/mol. The Morgan fingerprint density at radius 1 is 0.286 bits per heavy atom. The summed E-state index contributed by atoms with van der Waals surface area (Å²) in [5.74, 6) is 0. The molecule has 0 fully saturated rings. The lowest BCUT2D eigenvalue weighted by Crippen LogP contribution is -2.19. The van der Waals surface area contributed by atoms with Crippen LogP contribution in [-0.2, 0) is 10.8 Å². The Hall–Kier alpha value is -6.38. The standard InChI is InChI=1S/C54H48N2/c1-53(2,3)51-45-33-31-41(55(39-23-9-7-10-24-39)49-29-17-21-37-19-13-15-27-43(37)49)35-47(45)52(54(4,5)6)48-36-42(32-34-46(48)51)56(40-25-11-8-12-26-40)50-30-18-22-38-20-14-16-28-44(38)50/h7-36H,1-6H3. The van der Waals surface area contributed by atoms with E-state index in [1.807, 2.05) is 0 Å². The van der Waals surface area contributed by atoms with Gasteiger partial charge in [0.2, 0.25) is 0 Å². The van der Waals surface area contributed by atoms with Gasteiger partial charge in [-0.3, -0.25) is 0 Å². The highest BCUT2D eigenvalue weighted by Gasteiger charge is 2.29. The van der Waals surface area contributed by atoms with Crippen LogP contribution >= 0.6 is 0 Å². The topological polar surface area (TPSA) is 6.48 Å². The van der Waals surface area contributed by atoms with Crippen LogP contribution in [0.25, 0.3) is 43.1 Å². The molecule has 274 valence electrons. The number of hydrogen-bond acceptors (Lipinski definition) is 2. The van der Waals surface area contributed by atoms with Gasteiger partial charge in [-0.05, 0) is 115 Å². The SMILES string of the molecule is CC(C)(C)c1c2ccc(N(c3ccccc3)c3cccc4ccccc34)cc2c(C(C)(C)C)c2cc(N(c3ccccc3)c3cccc4ccccc34)ccc12. The highest BCUT2D eigenvalue weighted by molar-refractivity contribution is 6.11. The van der Waals surface area contributed by atoms with E-state index < -0.39 is 0 Å². The second-order valence-electron chi connectivity index (χ2n) is 17.0. The minimum absolute atomic E-state index is 0.112. The molecule has 0 spiro atoms. The number of rotatable bonds is 6. The quantitative estimate of drug-likeness (QED) is 0.158. The number of benzene rings is 9. The molecule has 0 saturated carbocycles. The Labute approximate surface area is 331 Å². The molecule has 0 bridgehead atoms. The maximum absolute atomic E-state index is 2.46. The summed E-state index contributed by atoms with van der Waals surface area (Å²) in [5.41, 5.74) is 9.33. The van der Waals surface area contributed by atoms with E-state index in [-0.39, 0.29) is 10.8 Å². The molecule has 0 heterocycles. The van der Waals surface area contributed by atoms with Gasteiger partial charge in [0.1, 0.15) is 0 Å². The summed E-state index contributed by atoms with van der Waals surface area (Å²) in [7, 11) is 0. The highest BCUT2D eigenvalue weighted by Crippen LogP contribution is 2.49. The fraction of sp³-hybridized carbons (Fsp3) is 0.148. The average Bonchev–Trinajstić information content (AvgIpc) is 3.20. The van der Waals surface area contributed by atoms with Gasteiger partial charge in [-0.25, -0.2) is 0 Å². The van der Waals surface area contributed by atoms with Crippen LogP contribution in [0.1, 0.15) is 52.7 Å². The van der Waals surface area contributed by atoms with Crippen LogP contribution in [0.4, 0.5) is 34.1 Å². The van der Waals surface area contributed by atoms with Gasteiger partial charge in [-0.2, -0.15) is 0 Å². The van der Waals surface area contributed by atoms with E-state index in [1.165, 1.54) is 65.6 Å². The van der Waals surface area contributed by atoms with Gasteiger partial charge in [0, 0.05) is 33.5 Å². The zero-order valence-corrected chi connectivity index (χ0v) is 33.2. The van der Waals surface area contributed by atoms with Crippen molar-refractivity contribution in [2.75, 3.05) is 9.80 Å². The van der Waals surface area contributed by atoms with Crippen molar-refractivity contribution in [1.82, 2.24) is 0 Å². The second-order valence-corrected chi connectivity index (χ2v) is 17.0. The lowest BCUT2D eigenvalue weighted by atomic mass is 9.74. The first-order chi connectivity index (χ1) is 27.1. The van der Waals surface area contributed by atoms with Crippen molar-refractivity contribution in [2.24, 2.45) is 0 Å². The predicted molar refractivity (Wildman–Crippen MR) is 243 cm³/mol. The van der Waals surface area contributed by atoms with Crippen molar-refractivity contribution in [2.45, 2.75) is 52.4 Å². The lowest BCUT2D eigenvalue weighted by Gasteiger charge is -2.33. The van der Waals surface area contributed by atoms with E-state index in [4.69, 9.17) is 0 Å². The summed E-state index contributed by atoms with van der Waals surface area (Å²) < 4.78 is 0. The van der Waals surface area contributed by atoms with Gasteiger partial charge >= 0.3 is 0 Å². The van der Waals surface area contributed by atoms with Crippen LogP contribution in [0.5, 0.6) is 0 Å². The number of anilines is 6. The van der Waals surface area contributed by atoms with Gasteiger partial charge in [0.15, 0.2) is 0 Å². The van der Waals surface area contributed by atoms with E-state index in [0.717, 1.165) is 22.7 Å². The molecule has 0 aromatic heterocycles. The molecule has 9 aromatic rings. The van der Waals surface area contributed by atoms with Crippen LogP contribution < -0.4 is 9.80 Å². The van der Waals surface area contributed by atoms with Crippen LogP contribution in [0.2, 0.25) is 0 Å². The number of nitrogens with zero attached hydrogens (tertiary/aromatic N) is 2. The number of hydrogen-bond donors (Lipinski definition) is 0. The molecule has 9 aromatic carbocycles. The first-order valence-electron chi connectivity index (χ1n) is 19.8. The predicted octanol–water partition coefficient (Wildman–Crippen LogP) is 15.8. The second kappa shape index (κ2) is 13.7. The Morgan fingerprint density at radius 2 is 0.643 bits per heavy atom. The minimum atomic E-state index is -0.168. The Balaban J connectivity index is 1.36. The molecule has 0 saturated heterocycles. The summed E-state index contributed by atoms with van der Waals surface area (Å²) in [6.45, 7) is 14.2. The molecule has 0 N–H and O–H groups in total. The summed E-state index contributed by atoms with van der Waals surface area (Å²) in [6.07, 6.45) is 0. The molecule has 0 amide bonds. The van der Waals surface area contributed by atoms with Crippen molar-refractivity contribution < 1.29 is 0 Å².